The van der Waals surface area contributed by atoms with Crippen molar-refractivity contribution in [3.63, 3.8) is 0 Å². The molecule has 1 N–H and O–H groups in total. The Hall–Kier alpha value is -0.670. The highest BCUT2D eigenvalue weighted by molar-refractivity contribution is 7.98. The van der Waals surface area contributed by atoms with E-state index in [-0.39, 0.29) is 0 Å². The van der Waals surface area contributed by atoms with Crippen LogP contribution in [0.4, 0.5) is 0 Å². The Morgan fingerprint density at radius 3 is 3.00 bits per heavy atom. The first kappa shape index (κ1) is 11.8. The molecule has 0 aromatic heterocycles. The Labute approximate surface area is 102 Å². The molecule has 1 aliphatic heterocycles. The van der Waals surface area contributed by atoms with Crippen molar-refractivity contribution in [2.75, 3.05) is 19.9 Å². The van der Waals surface area contributed by atoms with Crippen LogP contribution >= 0.6 is 11.8 Å². The van der Waals surface area contributed by atoms with Gasteiger partial charge < -0.3 is 10.1 Å². The van der Waals surface area contributed by atoms with Crippen LogP contribution in [0.3, 0.4) is 0 Å². The predicted octanol–water partition coefficient (Wildman–Crippen LogP) is 2.71. The first-order valence-corrected chi connectivity index (χ1v) is 7.00. The van der Waals surface area contributed by atoms with Gasteiger partial charge in [0.1, 0.15) is 5.75 Å². The molecule has 0 amide bonds. The number of hydrogen-bond donors (Lipinski definition) is 1. The topological polar surface area (TPSA) is 21.3 Å². The van der Waals surface area contributed by atoms with Gasteiger partial charge in [0.15, 0.2) is 0 Å². The number of ether oxygens (including phenoxy) is 1. The van der Waals surface area contributed by atoms with Crippen molar-refractivity contribution in [2.45, 2.75) is 30.2 Å². The third kappa shape index (κ3) is 2.71. The summed E-state index contributed by atoms with van der Waals surface area (Å²) < 4.78 is 5.46. The van der Waals surface area contributed by atoms with Crippen LogP contribution in [-0.4, -0.2) is 26.0 Å². The summed E-state index contributed by atoms with van der Waals surface area (Å²) in [6, 6.07) is 7.14. The minimum Gasteiger partial charge on any atom is -0.496 e. The normalized spacial score (nSPS) is 20.0. The molecule has 0 radical (unpaired) electrons. The molecule has 1 atom stereocenters. The zero-order chi connectivity index (χ0) is 11.4. The standard InChI is InChI=1S/C13H19NOS/c1-15-13-9-12(16-2)6-5-10(13)8-11-4-3-7-14-11/h5-6,9,11,14H,3-4,7-8H2,1-2H3. The molecule has 1 saturated heterocycles. The van der Waals surface area contributed by atoms with Crippen LogP contribution in [0.1, 0.15) is 18.4 Å². The first-order chi connectivity index (χ1) is 7.83. The third-order valence-corrected chi connectivity index (χ3v) is 3.85. The van der Waals surface area contributed by atoms with Gasteiger partial charge in [-0.2, -0.15) is 0 Å². The quantitative estimate of drug-likeness (QED) is 0.814. The summed E-state index contributed by atoms with van der Waals surface area (Å²) in [7, 11) is 1.75. The van der Waals surface area contributed by atoms with Gasteiger partial charge in [-0.15, -0.1) is 11.8 Å². The Morgan fingerprint density at radius 2 is 2.38 bits per heavy atom. The lowest BCUT2D eigenvalue weighted by Gasteiger charge is -2.14. The largest absolute Gasteiger partial charge is 0.496 e. The number of rotatable bonds is 4. The molecule has 2 nitrogen and oxygen atoms in total. The number of thioether (sulfide) groups is 1. The van der Waals surface area contributed by atoms with E-state index in [1.54, 1.807) is 18.9 Å². The minimum atomic E-state index is 0.633. The van der Waals surface area contributed by atoms with E-state index in [1.165, 1.54) is 23.3 Å². The molecule has 2 rings (SSSR count). The molecule has 0 saturated carbocycles. The fraction of sp³-hybridized carbons (Fsp3) is 0.538. The van der Waals surface area contributed by atoms with Gasteiger partial charge >= 0.3 is 0 Å². The number of methoxy groups -OCH3 is 1. The summed E-state index contributed by atoms with van der Waals surface area (Å²) in [5.74, 6) is 1.03. The maximum atomic E-state index is 5.46. The summed E-state index contributed by atoms with van der Waals surface area (Å²) in [5, 5.41) is 3.52. The van der Waals surface area contributed by atoms with Crippen LogP contribution < -0.4 is 10.1 Å². The number of benzene rings is 1. The molecule has 1 unspecified atom stereocenters. The summed E-state index contributed by atoms with van der Waals surface area (Å²) in [5.41, 5.74) is 1.32. The minimum absolute atomic E-state index is 0.633. The highest BCUT2D eigenvalue weighted by Gasteiger charge is 2.16. The van der Waals surface area contributed by atoms with E-state index in [9.17, 15) is 0 Å². The second-order valence-electron chi connectivity index (χ2n) is 4.18. The predicted molar refractivity (Wildman–Crippen MR) is 69.5 cm³/mol. The molecule has 88 valence electrons. The zero-order valence-electron chi connectivity index (χ0n) is 9.95. The number of nitrogens with one attached hydrogen (secondary N) is 1. The Bertz CT molecular complexity index is 348. The molecule has 16 heavy (non-hydrogen) atoms. The van der Waals surface area contributed by atoms with E-state index in [0.29, 0.717) is 6.04 Å². The Balaban J connectivity index is 2.12. The lowest BCUT2D eigenvalue weighted by molar-refractivity contribution is 0.405. The average molecular weight is 237 g/mol. The van der Waals surface area contributed by atoms with Gasteiger partial charge in [0.25, 0.3) is 0 Å². The van der Waals surface area contributed by atoms with Crippen LogP contribution in [0.2, 0.25) is 0 Å². The van der Waals surface area contributed by atoms with E-state index >= 15 is 0 Å². The van der Waals surface area contributed by atoms with Crippen molar-refractivity contribution < 1.29 is 4.74 Å². The van der Waals surface area contributed by atoms with Gasteiger partial charge in [-0.05, 0) is 49.8 Å². The Kier molecular flexibility index (Phi) is 4.13. The number of hydrogen-bond acceptors (Lipinski definition) is 3. The van der Waals surface area contributed by atoms with Crippen LogP contribution in [0.15, 0.2) is 23.1 Å². The van der Waals surface area contributed by atoms with Gasteiger partial charge in [0, 0.05) is 10.9 Å². The average Bonchev–Trinajstić information content (AvgIpc) is 2.82. The van der Waals surface area contributed by atoms with Crippen LogP contribution in [-0.2, 0) is 6.42 Å². The highest BCUT2D eigenvalue weighted by atomic mass is 32.2. The fourth-order valence-corrected chi connectivity index (χ4v) is 2.65. The summed E-state index contributed by atoms with van der Waals surface area (Å²) in [6.45, 7) is 1.16. The molecule has 1 heterocycles. The SMILES string of the molecule is COc1cc(SC)ccc1CC1CCCN1. The summed E-state index contributed by atoms with van der Waals surface area (Å²) in [6.07, 6.45) is 5.76. The second-order valence-corrected chi connectivity index (χ2v) is 5.05. The Morgan fingerprint density at radius 1 is 1.50 bits per heavy atom. The van der Waals surface area contributed by atoms with E-state index < -0.39 is 0 Å². The fourth-order valence-electron chi connectivity index (χ4n) is 2.22. The van der Waals surface area contributed by atoms with Crippen LogP contribution in [0.5, 0.6) is 5.75 Å². The third-order valence-electron chi connectivity index (χ3n) is 3.12. The second kappa shape index (κ2) is 5.60. The molecule has 0 aliphatic carbocycles. The van der Waals surface area contributed by atoms with Gasteiger partial charge in [-0.25, -0.2) is 0 Å². The van der Waals surface area contributed by atoms with Crippen LogP contribution in [0, 0.1) is 0 Å². The maximum absolute atomic E-state index is 5.46. The van der Waals surface area contributed by atoms with E-state index in [2.05, 4.69) is 29.8 Å². The summed E-state index contributed by atoms with van der Waals surface area (Å²) in [4.78, 5) is 1.26. The van der Waals surface area contributed by atoms with Gasteiger partial charge in [0.05, 0.1) is 7.11 Å². The van der Waals surface area contributed by atoms with Crippen molar-refractivity contribution in [2.24, 2.45) is 0 Å². The monoisotopic (exact) mass is 237 g/mol. The molecule has 1 aromatic carbocycles. The molecule has 0 bridgehead atoms. The zero-order valence-corrected chi connectivity index (χ0v) is 10.8. The van der Waals surface area contributed by atoms with Crippen molar-refractivity contribution in [1.29, 1.82) is 0 Å². The summed E-state index contributed by atoms with van der Waals surface area (Å²) >= 11 is 1.75. The van der Waals surface area contributed by atoms with E-state index in [4.69, 9.17) is 4.74 Å². The van der Waals surface area contributed by atoms with Crippen molar-refractivity contribution in [1.82, 2.24) is 5.32 Å². The lowest BCUT2D eigenvalue weighted by Crippen LogP contribution is -2.23. The molecular weight excluding hydrogens is 218 g/mol. The van der Waals surface area contributed by atoms with Crippen molar-refractivity contribution in [3.8, 4) is 5.75 Å². The molecule has 1 fully saturated rings. The molecular formula is C13H19NOS. The van der Waals surface area contributed by atoms with Crippen LogP contribution in [0.25, 0.3) is 0 Å². The molecule has 0 spiro atoms. The van der Waals surface area contributed by atoms with E-state index in [0.717, 1.165) is 18.7 Å². The smallest absolute Gasteiger partial charge is 0.123 e. The highest BCUT2D eigenvalue weighted by Crippen LogP contribution is 2.27. The van der Waals surface area contributed by atoms with Crippen molar-refractivity contribution >= 4 is 11.8 Å². The van der Waals surface area contributed by atoms with Gasteiger partial charge in [0.2, 0.25) is 0 Å². The van der Waals surface area contributed by atoms with Gasteiger partial charge in [-0.3, -0.25) is 0 Å². The van der Waals surface area contributed by atoms with E-state index in [1.807, 2.05) is 0 Å². The molecule has 1 aliphatic rings. The lowest BCUT2D eigenvalue weighted by atomic mass is 10.0. The maximum Gasteiger partial charge on any atom is 0.123 e. The first-order valence-electron chi connectivity index (χ1n) is 5.78. The van der Waals surface area contributed by atoms with Crippen molar-refractivity contribution in [3.05, 3.63) is 23.8 Å². The molecule has 1 aromatic rings. The molecule has 3 heteroatoms. The van der Waals surface area contributed by atoms with Gasteiger partial charge in [-0.1, -0.05) is 6.07 Å².